The van der Waals surface area contributed by atoms with Gasteiger partial charge in [0.15, 0.2) is 0 Å². The van der Waals surface area contributed by atoms with E-state index in [1.807, 2.05) is 30.3 Å². The first-order valence-corrected chi connectivity index (χ1v) is 6.79. The standard InChI is InChI=1S/C15H22O5/c16-13(14(17)8-9-15(18)19)7-4-10-20-11-12-5-2-1-3-6-12/h1-3,5-6,13-14,16-17H,4,7-11H2,(H,18,19)/t13-,14+/m1/s1. The van der Waals surface area contributed by atoms with Crippen molar-refractivity contribution in [3.63, 3.8) is 0 Å². The van der Waals surface area contributed by atoms with Crippen LogP contribution in [0.1, 0.15) is 31.2 Å². The van der Waals surface area contributed by atoms with Gasteiger partial charge in [0.25, 0.3) is 0 Å². The average Bonchev–Trinajstić information content (AvgIpc) is 2.45. The molecule has 2 atom stereocenters. The lowest BCUT2D eigenvalue weighted by Gasteiger charge is -2.16. The number of ether oxygens (including phenoxy) is 1. The molecule has 0 aliphatic carbocycles. The number of rotatable bonds is 10. The summed E-state index contributed by atoms with van der Waals surface area (Å²) in [6.07, 6.45) is -0.924. The van der Waals surface area contributed by atoms with E-state index in [4.69, 9.17) is 9.84 Å². The lowest BCUT2D eigenvalue weighted by atomic mass is 10.0. The highest BCUT2D eigenvalue weighted by molar-refractivity contribution is 5.66. The summed E-state index contributed by atoms with van der Waals surface area (Å²) in [5.74, 6) is -0.970. The second kappa shape index (κ2) is 9.47. The van der Waals surface area contributed by atoms with E-state index in [2.05, 4.69) is 0 Å². The molecule has 1 aromatic carbocycles. The fourth-order valence-corrected chi connectivity index (χ4v) is 1.81. The maximum absolute atomic E-state index is 10.3. The molecule has 5 nitrogen and oxygen atoms in total. The Bertz CT molecular complexity index is 379. The third kappa shape index (κ3) is 7.23. The summed E-state index contributed by atoms with van der Waals surface area (Å²) in [4.78, 5) is 10.3. The van der Waals surface area contributed by atoms with Crippen molar-refractivity contribution in [2.75, 3.05) is 6.61 Å². The molecule has 0 aromatic heterocycles. The molecule has 0 spiro atoms. The van der Waals surface area contributed by atoms with Gasteiger partial charge in [0.1, 0.15) is 0 Å². The smallest absolute Gasteiger partial charge is 0.303 e. The van der Waals surface area contributed by atoms with Crippen LogP contribution in [0.2, 0.25) is 0 Å². The van der Waals surface area contributed by atoms with E-state index in [1.54, 1.807) is 0 Å². The van der Waals surface area contributed by atoms with E-state index in [-0.39, 0.29) is 12.8 Å². The number of aliphatic hydroxyl groups excluding tert-OH is 2. The van der Waals surface area contributed by atoms with Crippen LogP contribution in [0.5, 0.6) is 0 Å². The maximum Gasteiger partial charge on any atom is 0.303 e. The quantitative estimate of drug-likeness (QED) is 0.567. The predicted octanol–water partition coefficient (Wildman–Crippen LogP) is 1.57. The maximum atomic E-state index is 10.3. The Labute approximate surface area is 118 Å². The summed E-state index contributed by atoms with van der Waals surface area (Å²) in [5, 5.41) is 27.7. The Balaban J connectivity index is 2.06. The van der Waals surface area contributed by atoms with Crippen molar-refractivity contribution in [3.8, 4) is 0 Å². The van der Waals surface area contributed by atoms with Gasteiger partial charge in [0.2, 0.25) is 0 Å². The molecule has 3 N–H and O–H groups in total. The molecule has 0 aliphatic rings. The van der Waals surface area contributed by atoms with Gasteiger partial charge in [-0.05, 0) is 24.8 Å². The van der Waals surface area contributed by atoms with Crippen LogP contribution < -0.4 is 0 Å². The number of carboxylic acids is 1. The van der Waals surface area contributed by atoms with Crippen molar-refractivity contribution < 1.29 is 24.9 Å². The van der Waals surface area contributed by atoms with Crippen LogP contribution in [0.3, 0.4) is 0 Å². The Hall–Kier alpha value is -1.43. The van der Waals surface area contributed by atoms with Gasteiger partial charge in [-0.25, -0.2) is 0 Å². The molecule has 0 fully saturated rings. The molecule has 1 aromatic rings. The Kier molecular flexibility index (Phi) is 7.87. The highest BCUT2D eigenvalue weighted by Crippen LogP contribution is 2.09. The molecule has 0 radical (unpaired) electrons. The Morgan fingerprint density at radius 2 is 1.75 bits per heavy atom. The number of benzene rings is 1. The van der Waals surface area contributed by atoms with Gasteiger partial charge in [-0.3, -0.25) is 4.79 Å². The molecule has 0 saturated heterocycles. The summed E-state index contributed by atoms with van der Waals surface area (Å²) in [6, 6.07) is 9.79. The SMILES string of the molecule is O=C(O)CC[C@H](O)[C@H](O)CCCOCc1ccccc1. The Morgan fingerprint density at radius 3 is 2.40 bits per heavy atom. The van der Waals surface area contributed by atoms with Gasteiger partial charge in [-0.15, -0.1) is 0 Å². The van der Waals surface area contributed by atoms with Crippen LogP contribution in [-0.2, 0) is 16.1 Å². The van der Waals surface area contributed by atoms with Gasteiger partial charge < -0.3 is 20.1 Å². The van der Waals surface area contributed by atoms with Gasteiger partial charge in [0, 0.05) is 13.0 Å². The zero-order valence-electron chi connectivity index (χ0n) is 11.4. The van der Waals surface area contributed by atoms with Crippen LogP contribution in [0.15, 0.2) is 30.3 Å². The zero-order valence-corrected chi connectivity index (χ0v) is 11.4. The van der Waals surface area contributed by atoms with Gasteiger partial charge in [-0.1, -0.05) is 30.3 Å². The van der Waals surface area contributed by atoms with Crippen molar-refractivity contribution in [2.24, 2.45) is 0 Å². The fraction of sp³-hybridized carbons (Fsp3) is 0.533. The first kappa shape index (κ1) is 16.6. The summed E-state index contributed by atoms with van der Waals surface area (Å²) in [6.45, 7) is 1.02. The number of carboxylic acid groups (broad SMARTS) is 1. The highest BCUT2D eigenvalue weighted by Gasteiger charge is 2.16. The van der Waals surface area contributed by atoms with E-state index >= 15 is 0 Å². The topological polar surface area (TPSA) is 87.0 Å². The Morgan fingerprint density at radius 1 is 1.10 bits per heavy atom. The van der Waals surface area contributed by atoms with Crippen LogP contribution in [0.25, 0.3) is 0 Å². The molecular formula is C15H22O5. The van der Waals surface area contributed by atoms with E-state index < -0.39 is 18.2 Å². The second-order valence-electron chi connectivity index (χ2n) is 4.75. The predicted molar refractivity (Wildman–Crippen MR) is 74.2 cm³/mol. The molecule has 20 heavy (non-hydrogen) atoms. The van der Waals surface area contributed by atoms with Crippen molar-refractivity contribution in [1.29, 1.82) is 0 Å². The number of hydrogen-bond acceptors (Lipinski definition) is 4. The minimum Gasteiger partial charge on any atom is -0.481 e. The summed E-state index contributed by atoms with van der Waals surface area (Å²) < 4.78 is 5.46. The van der Waals surface area contributed by atoms with E-state index in [1.165, 1.54) is 0 Å². The van der Waals surface area contributed by atoms with E-state index in [0.29, 0.717) is 26.1 Å². The summed E-state index contributed by atoms with van der Waals surface area (Å²) >= 11 is 0. The first-order chi connectivity index (χ1) is 9.59. The molecule has 0 amide bonds. The first-order valence-electron chi connectivity index (χ1n) is 6.79. The van der Waals surface area contributed by atoms with Crippen LogP contribution >= 0.6 is 0 Å². The molecule has 112 valence electrons. The van der Waals surface area contributed by atoms with Crippen LogP contribution in [0.4, 0.5) is 0 Å². The number of aliphatic hydroxyl groups is 2. The van der Waals surface area contributed by atoms with Gasteiger partial charge in [0.05, 0.1) is 18.8 Å². The molecule has 0 saturated carbocycles. The lowest BCUT2D eigenvalue weighted by Crippen LogP contribution is -2.26. The normalized spacial score (nSPS) is 13.9. The monoisotopic (exact) mass is 282 g/mol. The number of hydrogen-bond donors (Lipinski definition) is 3. The van der Waals surface area contributed by atoms with E-state index in [0.717, 1.165) is 5.56 Å². The van der Waals surface area contributed by atoms with Gasteiger partial charge >= 0.3 is 5.97 Å². The molecule has 0 aliphatic heterocycles. The van der Waals surface area contributed by atoms with Crippen molar-refractivity contribution in [1.82, 2.24) is 0 Å². The minimum atomic E-state index is -0.986. The van der Waals surface area contributed by atoms with Crippen LogP contribution in [-0.4, -0.2) is 40.1 Å². The largest absolute Gasteiger partial charge is 0.481 e. The van der Waals surface area contributed by atoms with Crippen molar-refractivity contribution in [2.45, 2.75) is 44.5 Å². The molecule has 0 bridgehead atoms. The molecule has 1 rings (SSSR count). The van der Waals surface area contributed by atoms with Crippen molar-refractivity contribution in [3.05, 3.63) is 35.9 Å². The molecule has 5 heteroatoms. The molecular weight excluding hydrogens is 260 g/mol. The lowest BCUT2D eigenvalue weighted by molar-refractivity contribution is -0.138. The number of carbonyl (C=O) groups is 1. The second-order valence-corrected chi connectivity index (χ2v) is 4.75. The van der Waals surface area contributed by atoms with Crippen molar-refractivity contribution >= 4 is 5.97 Å². The average molecular weight is 282 g/mol. The highest BCUT2D eigenvalue weighted by atomic mass is 16.5. The fourth-order valence-electron chi connectivity index (χ4n) is 1.81. The van der Waals surface area contributed by atoms with Gasteiger partial charge in [-0.2, -0.15) is 0 Å². The molecule has 0 unspecified atom stereocenters. The third-order valence-corrected chi connectivity index (χ3v) is 3.00. The molecule has 0 heterocycles. The summed E-state index contributed by atoms with van der Waals surface area (Å²) in [5.41, 5.74) is 1.09. The zero-order chi connectivity index (χ0) is 14.8. The minimum absolute atomic E-state index is 0.0708. The third-order valence-electron chi connectivity index (χ3n) is 3.00. The van der Waals surface area contributed by atoms with E-state index in [9.17, 15) is 15.0 Å². The number of aliphatic carboxylic acids is 1. The summed E-state index contributed by atoms with van der Waals surface area (Å²) in [7, 11) is 0. The van der Waals surface area contributed by atoms with Crippen LogP contribution in [0, 0.1) is 0 Å².